The van der Waals surface area contributed by atoms with E-state index < -0.39 is 21.5 Å². The molecule has 2 fully saturated rings. The molecule has 2 aliphatic rings. The van der Waals surface area contributed by atoms with Crippen LogP contribution in [0.4, 0.5) is 8.78 Å². The number of aliphatic imine (C=N–C) groups is 1. The van der Waals surface area contributed by atoms with E-state index in [9.17, 15) is 17.2 Å². The van der Waals surface area contributed by atoms with Gasteiger partial charge in [0.2, 0.25) is 0 Å². The van der Waals surface area contributed by atoms with Gasteiger partial charge < -0.3 is 10.2 Å². The Morgan fingerprint density at radius 1 is 1.33 bits per heavy atom. The SMILES string of the molecule is C=CCNC(=NCC1CCS(=O)(=O)C1)N1CCC(c2c(F)cccc2F)C1. The summed E-state index contributed by atoms with van der Waals surface area (Å²) in [6, 6.07) is 3.94. The highest BCUT2D eigenvalue weighted by Crippen LogP contribution is 2.31. The first-order chi connectivity index (χ1) is 12.9. The molecule has 1 aromatic rings. The van der Waals surface area contributed by atoms with Gasteiger partial charge in [-0.1, -0.05) is 12.1 Å². The molecule has 2 heterocycles. The summed E-state index contributed by atoms with van der Waals surface area (Å²) in [5, 5.41) is 3.18. The molecule has 0 amide bonds. The van der Waals surface area contributed by atoms with Crippen LogP contribution in [0.2, 0.25) is 0 Å². The maximum absolute atomic E-state index is 14.1. The molecule has 2 saturated heterocycles. The van der Waals surface area contributed by atoms with Crippen molar-refractivity contribution in [3.8, 4) is 0 Å². The van der Waals surface area contributed by atoms with Crippen LogP contribution >= 0.6 is 0 Å². The summed E-state index contributed by atoms with van der Waals surface area (Å²) in [5.74, 6) is -0.216. The first kappa shape index (κ1) is 19.8. The minimum Gasteiger partial charge on any atom is -0.353 e. The molecule has 0 aromatic heterocycles. The molecule has 1 N–H and O–H groups in total. The zero-order valence-corrected chi connectivity index (χ0v) is 16.0. The number of hydrogen-bond donors (Lipinski definition) is 1. The van der Waals surface area contributed by atoms with Gasteiger partial charge in [0, 0.05) is 37.7 Å². The lowest BCUT2D eigenvalue weighted by molar-refractivity contribution is 0.472. The molecular formula is C19H25F2N3O2S. The van der Waals surface area contributed by atoms with Gasteiger partial charge in [0.25, 0.3) is 0 Å². The molecule has 2 unspecified atom stereocenters. The van der Waals surface area contributed by atoms with Crippen molar-refractivity contribution in [1.82, 2.24) is 10.2 Å². The van der Waals surface area contributed by atoms with Crippen molar-refractivity contribution < 1.29 is 17.2 Å². The predicted octanol–water partition coefficient (Wildman–Crippen LogP) is 2.32. The molecule has 27 heavy (non-hydrogen) atoms. The van der Waals surface area contributed by atoms with Crippen molar-refractivity contribution in [3.05, 3.63) is 48.1 Å². The maximum atomic E-state index is 14.1. The Bertz CT molecular complexity index is 806. The molecule has 3 rings (SSSR count). The van der Waals surface area contributed by atoms with Crippen LogP contribution in [0.5, 0.6) is 0 Å². The van der Waals surface area contributed by atoms with Gasteiger partial charge in [-0.25, -0.2) is 17.2 Å². The number of nitrogens with zero attached hydrogens (tertiary/aromatic N) is 2. The summed E-state index contributed by atoms with van der Waals surface area (Å²) in [5.41, 5.74) is 0.130. The highest BCUT2D eigenvalue weighted by Gasteiger charge is 2.31. The van der Waals surface area contributed by atoms with Gasteiger partial charge >= 0.3 is 0 Å². The molecule has 0 radical (unpaired) electrons. The monoisotopic (exact) mass is 397 g/mol. The summed E-state index contributed by atoms with van der Waals surface area (Å²) in [4.78, 5) is 6.57. The molecule has 5 nitrogen and oxygen atoms in total. The molecule has 8 heteroatoms. The Hall–Kier alpha value is -1.96. The van der Waals surface area contributed by atoms with Gasteiger partial charge in [-0.05, 0) is 30.9 Å². The number of halogens is 2. The van der Waals surface area contributed by atoms with Gasteiger partial charge in [-0.2, -0.15) is 0 Å². The van der Waals surface area contributed by atoms with Crippen molar-refractivity contribution in [2.45, 2.75) is 18.8 Å². The third-order valence-electron chi connectivity index (χ3n) is 5.13. The highest BCUT2D eigenvalue weighted by molar-refractivity contribution is 7.91. The lowest BCUT2D eigenvalue weighted by Crippen LogP contribution is -2.40. The molecule has 0 saturated carbocycles. The van der Waals surface area contributed by atoms with Crippen LogP contribution in [0.25, 0.3) is 0 Å². The summed E-state index contributed by atoms with van der Waals surface area (Å²) >= 11 is 0. The third kappa shape index (κ3) is 4.86. The van der Waals surface area contributed by atoms with Gasteiger partial charge in [0.05, 0.1) is 11.5 Å². The van der Waals surface area contributed by atoms with E-state index >= 15 is 0 Å². The van der Waals surface area contributed by atoms with E-state index in [1.807, 2.05) is 4.90 Å². The average molecular weight is 397 g/mol. The van der Waals surface area contributed by atoms with Crippen molar-refractivity contribution in [3.63, 3.8) is 0 Å². The lowest BCUT2D eigenvalue weighted by atomic mass is 9.97. The van der Waals surface area contributed by atoms with Crippen LogP contribution in [0.15, 0.2) is 35.8 Å². The third-order valence-corrected chi connectivity index (χ3v) is 6.96. The van der Waals surface area contributed by atoms with Crippen LogP contribution in [0.3, 0.4) is 0 Å². The van der Waals surface area contributed by atoms with E-state index in [1.54, 1.807) is 6.08 Å². The van der Waals surface area contributed by atoms with E-state index in [0.29, 0.717) is 45.0 Å². The topological polar surface area (TPSA) is 61.8 Å². The Morgan fingerprint density at radius 3 is 2.70 bits per heavy atom. The Kier molecular flexibility index (Phi) is 6.14. The van der Waals surface area contributed by atoms with Crippen molar-refractivity contribution in [2.24, 2.45) is 10.9 Å². The Morgan fingerprint density at radius 2 is 2.07 bits per heavy atom. The molecule has 0 spiro atoms. The maximum Gasteiger partial charge on any atom is 0.194 e. The summed E-state index contributed by atoms with van der Waals surface area (Å²) in [7, 11) is -2.94. The quantitative estimate of drug-likeness (QED) is 0.471. The van der Waals surface area contributed by atoms with Crippen molar-refractivity contribution >= 4 is 15.8 Å². The number of hydrogen-bond acceptors (Lipinski definition) is 3. The molecular weight excluding hydrogens is 372 g/mol. The minimum atomic E-state index is -2.94. The number of sulfone groups is 1. The number of benzene rings is 1. The largest absolute Gasteiger partial charge is 0.353 e. The van der Waals surface area contributed by atoms with E-state index in [1.165, 1.54) is 18.2 Å². The number of guanidine groups is 1. The number of rotatable bonds is 5. The van der Waals surface area contributed by atoms with Gasteiger partial charge in [-0.15, -0.1) is 6.58 Å². The van der Waals surface area contributed by atoms with E-state index in [4.69, 9.17) is 0 Å². The van der Waals surface area contributed by atoms with Crippen LogP contribution < -0.4 is 5.32 Å². The first-order valence-corrected chi connectivity index (χ1v) is 11.0. The van der Waals surface area contributed by atoms with E-state index in [-0.39, 0.29) is 28.9 Å². The predicted molar refractivity (Wildman–Crippen MR) is 103 cm³/mol. The molecule has 1 aromatic carbocycles. The van der Waals surface area contributed by atoms with Crippen molar-refractivity contribution in [2.75, 3.05) is 37.7 Å². The average Bonchev–Trinajstić information content (AvgIpc) is 3.21. The zero-order chi connectivity index (χ0) is 19.4. The second-order valence-electron chi connectivity index (χ2n) is 7.17. The summed E-state index contributed by atoms with van der Waals surface area (Å²) in [6.07, 6.45) is 2.97. The second kappa shape index (κ2) is 8.37. The molecule has 0 bridgehead atoms. The Balaban J connectivity index is 1.70. The summed E-state index contributed by atoms with van der Waals surface area (Å²) in [6.45, 7) is 5.71. The normalized spacial score (nSPS) is 25.0. The van der Waals surface area contributed by atoms with Gasteiger partial charge in [-0.3, -0.25) is 4.99 Å². The van der Waals surface area contributed by atoms with Crippen LogP contribution in [0, 0.1) is 17.6 Å². The van der Waals surface area contributed by atoms with Gasteiger partial charge in [0.15, 0.2) is 15.8 Å². The number of likely N-dealkylation sites (tertiary alicyclic amines) is 1. The second-order valence-corrected chi connectivity index (χ2v) is 9.40. The van der Waals surface area contributed by atoms with Crippen LogP contribution in [0.1, 0.15) is 24.3 Å². The van der Waals surface area contributed by atoms with Crippen molar-refractivity contribution in [1.29, 1.82) is 0 Å². The van der Waals surface area contributed by atoms with E-state index in [2.05, 4.69) is 16.9 Å². The molecule has 2 aliphatic heterocycles. The first-order valence-electron chi connectivity index (χ1n) is 9.18. The number of nitrogens with one attached hydrogen (secondary N) is 1. The smallest absolute Gasteiger partial charge is 0.194 e. The fraction of sp³-hybridized carbons (Fsp3) is 0.526. The lowest BCUT2D eigenvalue weighted by Gasteiger charge is -2.22. The van der Waals surface area contributed by atoms with E-state index in [0.717, 1.165) is 0 Å². The molecule has 0 aliphatic carbocycles. The fourth-order valence-electron chi connectivity index (χ4n) is 3.75. The van der Waals surface area contributed by atoms with Gasteiger partial charge in [0.1, 0.15) is 11.6 Å². The Labute approximate surface area is 159 Å². The fourth-order valence-corrected chi connectivity index (χ4v) is 5.60. The molecule has 2 atom stereocenters. The van der Waals surface area contributed by atoms with Crippen LogP contribution in [-0.2, 0) is 9.84 Å². The zero-order valence-electron chi connectivity index (χ0n) is 15.2. The standard InChI is InChI=1S/C19H25F2N3O2S/c1-2-8-22-19(23-11-14-7-10-27(25,26)13-14)24-9-6-15(12-24)18-16(20)4-3-5-17(18)21/h2-5,14-15H,1,6-13H2,(H,22,23). The molecule has 148 valence electrons. The van der Waals surface area contributed by atoms with Crippen LogP contribution in [-0.4, -0.2) is 57.0 Å². The highest BCUT2D eigenvalue weighted by atomic mass is 32.2. The minimum absolute atomic E-state index is 0.0259. The summed E-state index contributed by atoms with van der Waals surface area (Å²) < 4.78 is 51.4.